The fraction of sp³-hybridized carbons (Fsp3) is 0.458. The maximum Gasteiger partial charge on any atom is 0.403 e. The lowest BCUT2D eigenvalue weighted by molar-refractivity contribution is -0.151. The molecule has 2 aromatic heterocycles. The van der Waals surface area contributed by atoms with Crippen molar-refractivity contribution in [1.82, 2.24) is 14.9 Å². The number of nitrogens with zero attached hydrogens (tertiary/aromatic N) is 2. The molecular weight excluding hydrogens is 401 g/mol. The van der Waals surface area contributed by atoms with E-state index < -0.39 is 12.2 Å². The molecule has 1 unspecified atom stereocenters. The second-order valence-electron chi connectivity index (χ2n) is 8.96. The van der Waals surface area contributed by atoms with Gasteiger partial charge in [-0.25, -0.2) is 0 Å². The number of hydrogen-bond donors (Lipinski definition) is 2. The van der Waals surface area contributed by atoms with Crippen LogP contribution in [0.3, 0.4) is 0 Å². The van der Waals surface area contributed by atoms with Crippen molar-refractivity contribution >= 4 is 16.6 Å². The highest BCUT2D eigenvalue weighted by molar-refractivity contribution is 6.00. The third-order valence-corrected chi connectivity index (χ3v) is 6.73. The van der Waals surface area contributed by atoms with E-state index in [1.165, 1.54) is 30.3 Å². The number of halogens is 3. The van der Waals surface area contributed by atoms with E-state index in [0.29, 0.717) is 17.5 Å². The molecule has 2 heterocycles. The molecule has 0 bridgehead atoms. The van der Waals surface area contributed by atoms with Gasteiger partial charge >= 0.3 is 6.18 Å². The number of aromatic nitrogens is 2. The van der Waals surface area contributed by atoms with Crippen molar-refractivity contribution in [3.8, 4) is 11.4 Å². The van der Waals surface area contributed by atoms with E-state index in [0.717, 1.165) is 42.2 Å². The second-order valence-corrected chi connectivity index (χ2v) is 8.96. The van der Waals surface area contributed by atoms with Crippen molar-refractivity contribution in [2.24, 2.45) is 0 Å². The number of rotatable bonds is 6. The van der Waals surface area contributed by atoms with E-state index in [2.05, 4.69) is 33.1 Å². The fourth-order valence-electron chi connectivity index (χ4n) is 4.37. The smallest absolute Gasteiger partial charge is 0.396 e. The van der Waals surface area contributed by atoms with Crippen molar-refractivity contribution < 1.29 is 13.2 Å². The maximum absolute atomic E-state index is 12.7. The Labute approximate surface area is 179 Å². The van der Waals surface area contributed by atoms with Crippen LogP contribution in [0.2, 0.25) is 0 Å². The lowest BCUT2D eigenvalue weighted by atomic mass is 9.92. The molecule has 0 spiro atoms. The zero-order valence-electron chi connectivity index (χ0n) is 17.5. The molecule has 1 aromatic carbocycles. The summed E-state index contributed by atoms with van der Waals surface area (Å²) in [5, 5.41) is 3.56. The van der Waals surface area contributed by atoms with Gasteiger partial charge in [0.05, 0.1) is 22.6 Å². The molecule has 2 fully saturated rings. The van der Waals surface area contributed by atoms with Crippen molar-refractivity contribution in [3.63, 3.8) is 0 Å². The predicted octanol–water partition coefficient (Wildman–Crippen LogP) is 5.93. The Hall–Kier alpha value is -2.54. The minimum Gasteiger partial charge on any atom is -0.396 e. The van der Waals surface area contributed by atoms with Gasteiger partial charge in [0, 0.05) is 24.2 Å². The molecule has 3 N–H and O–H groups in total. The van der Waals surface area contributed by atoms with Crippen LogP contribution in [0.1, 0.15) is 62.1 Å². The largest absolute Gasteiger partial charge is 0.403 e. The molecule has 1 atom stereocenters. The second kappa shape index (κ2) is 7.55. The molecule has 2 saturated carbocycles. The first-order valence-electron chi connectivity index (χ1n) is 11.0. The number of pyridine rings is 1. The Kier molecular flexibility index (Phi) is 4.96. The van der Waals surface area contributed by atoms with Crippen molar-refractivity contribution in [1.29, 1.82) is 0 Å². The average Bonchev–Trinajstić information content (AvgIpc) is 3.51. The highest BCUT2D eigenvalue weighted by Gasteiger charge is 2.35. The summed E-state index contributed by atoms with van der Waals surface area (Å²) in [4.78, 5) is 4.59. The molecular formula is C24H27F3N4. The number of hydrogen-bond acceptors (Lipinski definition) is 3. The molecule has 3 aromatic rings. The summed E-state index contributed by atoms with van der Waals surface area (Å²) in [6, 6.07) is 9.17. The van der Waals surface area contributed by atoms with E-state index in [4.69, 9.17) is 5.73 Å². The summed E-state index contributed by atoms with van der Waals surface area (Å²) in [6.45, 7) is 1.23. The van der Waals surface area contributed by atoms with Crippen LogP contribution in [0.15, 0.2) is 36.5 Å². The predicted molar refractivity (Wildman–Crippen MR) is 117 cm³/mol. The lowest BCUT2D eigenvalue weighted by Crippen LogP contribution is -2.39. The average molecular weight is 429 g/mol. The number of nitrogen functional groups attached to an aromatic ring is 1. The third-order valence-electron chi connectivity index (χ3n) is 6.73. The number of alkyl halides is 3. The highest BCUT2D eigenvalue weighted by Crippen LogP contribution is 2.46. The Morgan fingerprint density at radius 3 is 2.52 bits per heavy atom. The van der Waals surface area contributed by atoms with Crippen LogP contribution in [0.4, 0.5) is 18.9 Å². The summed E-state index contributed by atoms with van der Waals surface area (Å²) in [7, 11) is 0. The van der Waals surface area contributed by atoms with E-state index in [1.54, 1.807) is 6.20 Å². The van der Waals surface area contributed by atoms with Crippen molar-refractivity contribution in [2.45, 2.75) is 69.8 Å². The zero-order valence-corrected chi connectivity index (χ0v) is 17.5. The van der Waals surface area contributed by atoms with Gasteiger partial charge in [-0.15, -0.1) is 0 Å². The number of fused-ring (bicyclic) bond motifs is 1. The first-order valence-corrected chi connectivity index (χ1v) is 11.0. The molecule has 5 rings (SSSR count). The monoisotopic (exact) mass is 428 g/mol. The van der Waals surface area contributed by atoms with Crippen LogP contribution < -0.4 is 11.1 Å². The van der Waals surface area contributed by atoms with Crippen LogP contribution in [-0.4, -0.2) is 21.8 Å². The van der Waals surface area contributed by atoms with Gasteiger partial charge in [-0.3, -0.25) is 4.98 Å². The maximum atomic E-state index is 12.7. The van der Waals surface area contributed by atoms with E-state index in [-0.39, 0.29) is 6.54 Å². The van der Waals surface area contributed by atoms with Gasteiger partial charge < -0.3 is 15.6 Å². The third kappa shape index (κ3) is 3.80. The summed E-state index contributed by atoms with van der Waals surface area (Å²) in [6.07, 6.45) is 3.35. The summed E-state index contributed by atoms with van der Waals surface area (Å²) >= 11 is 0. The van der Waals surface area contributed by atoms with Gasteiger partial charge in [0.2, 0.25) is 0 Å². The zero-order chi connectivity index (χ0) is 21.8. The van der Waals surface area contributed by atoms with Crippen molar-refractivity contribution in [2.75, 3.05) is 5.73 Å². The van der Waals surface area contributed by atoms with Crippen LogP contribution in [0.5, 0.6) is 0 Å². The molecule has 2 aliphatic rings. The van der Waals surface area contributed by atoms with Gasteiger partial charge in [0.25, 0.3) is 0 Å². The molecule has 7 heteroatoms. The highest BCUT2D eigenvalue weighted by atomic mass is 19.4. The van der Waals surface area contributed by atoms with Gasteiger partial charge in [0.15, 0.2) is 0 Å². The van der Waals surface area contributed by atoms with Crippen LogP contribution in [-0.2, 0) is 6.54 Å². The number of anilines is 1. The molecule has 31 heavy (non-hydrogen) atoms. The molecule has 164 valence electrons. The normalized spacial score (nSPS) is 18.3. The molecule has 0 aliphatic heterocycles. The molecule has 4 nitrogen and oxygen atoms in total. The minimum absolute atomic E-state index is 0.111. The molecule has 0 saturated heterocycles. The van der Waals surface area contributed by atoms with Crippen LogP contribution in [0.25, 0.3) is 22.3 Å². The number of nitrogens with two attached hydrogens (primary N) is 1. The lowest BCUT2D eigenvalue weighted by Gasteiger charge is -2.30. The molecule has 2 aliphatic carbocycles. The van der Waals surface area contributed by atoms with Crippen molar-refractivity contribution in [3.05, 3.63) is 47.7 Å². The van der Waals surface area contributed by atoms with E-state index >= 15 is 0 Å². The Balaban J connectivity index is 1.48. The SMILES string of the molecule is CC(NCc1ccc(-c2c(N)c3ccc(C4CC4)cc3n2C2CCC2)nc1)C(F)(F)F. The Bertz CT molecular complexity index is 1090. The molecule has 0 radical (unpaired) electrons. The quantitative estimate of drug-likeness (QED) is 0.512. The Morgan fingerprint density at radius 2 is 1.94 bits per heavy atom. The summed E-state index contributed by atoms with van der Waals surface area (Å²) < 4.78 is 40.5. The summed E-state index contributed by atoms with van der Waals surface area (Å²) in [5.74, 6) is 0.669. The number of nitrogens with one attached hydrogen (secondary N) is 1. The fourth-order valence-corrected chi connectivity index (χ4v) is 4.37. The van der Waals surface area contributed by atoms with Crippen LogP contribution >= 0.6 is 0 Å². The first kappa shape index (κ1) is 20.4. The van der Waals surface area contributed by atoms with Crippen LogP contribution in [0, 0.1) is 0 Å². The van der Waals surface area contributed by atoms with Gasteiger partial charge in [-0.05, 0) is 68.2 Å². The standard InChI is InChI=1S/C24H27F3N4/c1-14(24(25,26)27)29-12-15-5-10-20(30-13-15)23-22(28)19-9-8-17(16-6-7-16)11-21(19)31(23)18-3-2-4-18/h5,8-11,13-14,16,18,29H,2-4,6-7,12,28H2,1H3. The Morgan fingerprint density at radius 1 is 1.16 bits per heavy atom. The van der Waals surface area contributed by atoms with Gasteiger partial charge in [0.1, 0.15) is 6.04 Å². The summed E-state index contributed by atoms with van der Waals surface area (Å²) in [5.41, 5.74) is 12.3. The van der Waals surface area contributed by atoms with E-state index in [9.17, 15) is 13.2 Å². The first-order chi connectivity index (χ1) is 14.8. The number of benzene rings is 1. The topological polar surface area (TPSA) is 55.9 Å². The van der Waals surface area contributed by atoms with Gasteiger partial charge in [-0.1, -0.05) is 18.2 Å². The molecule has 0 amide bonds. The minimum atomic E-state index is -4.26. The van der Waals surface area contributed by atoms with E-state index in [1.807, 2.05) is 12.1 Å². The van der Waals surface area contributed by atoms with Gasteiger partial charge in [-0.2, -0.15) is 13.2 Å².